The van der Waals surface area contributed by atoms with Crippen molar-refractivity contribution in [3.63, 3.8) is 0 Å². The summed E-state index contributed by atoms with van der Waals surface area (Å²) in [5.41, 5.74) is -0.493. The molecule has 1 aromatic rings. The highest BCUT2D eigenvalue weighted by Gasteiger charge is 2.19. The number of benzene rings is 1. The molecule has 0 unspecified atom stereocenters. The van der Waals surface area contributed by atoms with Crippen molar-refractivity contribution in [1.82, 2.24) is 0 Å². The number of hydrogen-bond acceptors (Lipinski definition) is 3. The number of halogens is 2. The van der Waals surface area contributed by atoms with Crippen LogP contribution in [0.3, 0.4) is 0 Å². The molecule has 5 heteroatoms. The molecule has 0 fully saturated rings. The van der Waals surface area contributed by atoms with Crippen LogP contribution in [-0.4, -0.2) is 16.0 Å². The van der Waals surface area contributed by atoms with E-state index in [0.717, 1.165) is 6.92 Å². The van der Waals surface area contributed by atoms with Crippen molar-refractivity contribution in [1.29, 1.82) is 0 Å². The predicted octanol–water partition coefficient (Wildman–Crippen LogP) is 1.58. The minimum atomic E-state index is -1.52. The predicted molar refractivity (Wildman–Crippen MR) is 39.7 cm³/mol. The van der Waals surface area contributed by atoms with Gasteiger partial charge in [-0.25, -0.2) is 4.39 Å². The summed E-state index contributed by atoms with van der Waals surface area (Å²) in [6.07, 6.45) is 0. The normalized spacial score (nSPS) is 10.1. The van der Waals surface area contributed by atoms with E-state index < -0.39 is 34.5 Å². The third kappa shape index (κ3) is 1.44. The molecule has 0 radical (unpaired) electrons. The van der Waals surface area contributed by atoms with Gasteiger partial charge in [-0.1, -0.05) is 0 Å². The van der Waals surface area contributed by atoms with E-state index >= 15 is 0 Å². The molecule has 0 heterocycles. The lowest BCUT2D eigenvalue weighted by Gasteiger charge is -2.04. The van der Waals surface area contributed by atoms with Gasteiger partial charge in [-0.3, -0.25) is 4.79 Å². The van der Waals surface area contributed by atoms with Gasteiger partial charge < -0.3 is 10.2 Å². The van der Waals surface area contributed by atoms with Crippen molar-refractivity contribution in [2.24, 2.45) is 0 Å². The average molecular weight is 188 g/mol. The van der Waals surface area contributed by atoms with E-state index in [-0.39, 0.29) is 0 Å². The van der Waals surface area contributed by atoms with Gasteiger partial charge in [-0.2, -0.15) is 4.39 Å². The number of phenolic OH excluding ortho intramolecular Hbond substituents is 2. The molecule has 0 atom stereocenters. The van der Waals surface area contributed by atoms with Gasteiger partial charge in [0.15, 0.2) is 23.1 Å². The van der Waals surface area contributed by atoms with Gasteiger partial charge in [0.05, 0.1) is 5.56 Å². The van der Waals surface area contributed by atoms with E-state index in [4.69, 9.17) is 10.2 Å². The van der Waals surface area contributed by atoms with Crippen LogP contribution in [0, 0.1) is 11.6 Å². The molecule has 70 valence electrons. The smallest absolute Gasteiger partial charge is 0.210 e. The average Bonchev–Trinajstić information content (AvgIpc) is 2.07. The van der Waals surface area contributed by atoms with Crippen LogP contribution < -0.4 is 0 Å². The number of hydrogen-bond donors (Lipinski definition) is 2. The highest BCUT2D eigenvalue weighted by molar-refractivity contribution is 5.97. The monoisotopic (exact) mass is 188 g/mol. The lowest BCUT2D eigenvalue weighted by molar-refractivity contribution is 0.101. The molecule has 0 aliphatic heterocycles. The summed E-state index contributed by atoms with van der Waals surface area (Å²) in [6.45, 7) is 1.05. The molecule has 0 aliphatic carbocycles. The molecular weight excluding hydrogens is 182 g/mol. The number of carbonyl (C=O) groups excluding carboxylic acids is 1. The lowest BCUT2D eigenvalue weighted by atomic mass is 10.1. The highest BCUT2D eigenvalue weighted by Crippen LogP contribution is 2.31. The zero-order valence-corrected chi connectivity index (χ0v) is 6.64. The molecule has 0 amide bonds. The van der Waals surface area contributed by atoms with Crippen LogP contribution in [0.4, 0.5) is 8.78 Å². The van der Waals surface area contributed by atoms with Crippen molar-refractivity contribution in [3.8, 4) is 11.5 Å². The van der Waals surface area contributed by atoms with Crippen molar-refractivity contribution >= 4 is 5.78 Å². The SMILES string of the molecule is CC(=O)c1cc(F)c(O)c(F)c1O. The standard InChI is InChI=1S/C8H6F2O3/c1-3(11)4-2-5(9)8(13)6(10)7(4)12/h2,12-13H,1H3. The fraction of sp³-hybridized carbons (Fsp3) is 0.125. The second-order valence-electron chi connectivity index (χ2n) is 2.47. The second kappa shape index (κ2) is 3.01. The Bertz CT molecular complexity index is 374. The number of carbonyl (C=O) groups is 1. The van der Waals surface area contributed by atoms with Crippen molar-refractivity contribution in [2.75, 3.05) is 0 Å². The first-order chi connectivity index (χ1) is 5.95. The lowest BCUT2D eigenvalue weighted by Crippen LogP contribution is -1.97. The van der Waals surface area contributed by atoms with Gasteiger partial charge >= 0.3 is 0 Å². The fourth-order valence-electron chi connectivity index (χ4n) is 0.867. The van der Waals surface area contributed by atoms with E-state index in [9.17, 15) is 13.6 Å². The Labute approximate surface area is 72.2 Å². The molecule has 13 heavy (non-hydrogen) atoms. The number of Topliss-reactive ketones (excluding diaryl/α,β-unsaturated/α-hetero) is 1. The van der Waals surface area contributed by atoms with Crippen LogP contribution in [0.25, 0.3) is 0 Å². The van der Waals surface area contributed by atoms with Crippen LogP contribution in [0.5, 0.6) is 11.5 Å². The summed E-state index contributed by atoms with van der Waals surface area (Å²) < 4.78 is 25.3. The van der Waals surface area contributed by atoms with Gasteiger partial charge in [0.25, 0.3) is 0 Å². The molecule has 0 bridgehead atoms. The third-order valence-electron chi connectivity index (χ3n) is 1.55. The fourth-order valence-corrected chi connectivity index (χ4v) is 0.867. The van der Waals surface area contributed by atoms with Crippen LogP contribution >= 0.6 is 0 Å². The Morgan fingerprint density at radius 3 is 2.31 bits per heavy atom. The highest BCUT2D eigenvalue weighted by atomic mass is 19.1. The molecule has 3 nitrogen and oxygen atoms in total. The minimum absolute atomic E-state index is 0.493. The van der Waals surface area contributed by atoms with Crippen molar-refractivity contribution in [3.05, 3.63) is 23.3 Å². The topological polar surface area (TPSA) is 57.5 Å². The quantitative estimate of drug-likeness (QED) is 0.658. The van der Waals surface area contributed by atoms with E-state index in [2.05, 4.69) is 0 Å². The second-order valence-corrected chi connectivity index (χ2v) is 2.47. The summed E-state index contributed by atoms with van der Waals surface area (Å²) in [5, 5.41) is 17.6. The maximum absolute atomic E-state index is 12.7. The van der Waals surface area contributed by atoms with Crippen LogP contribution in [0.2, 0.25) is 0 Å². The Hall–Kier alpha value is -1.65. The minimum Gasteiger partial charge on any atom is -0.504 e. The van der Waals surface area contributed by atoms with Gasteiger partial charge in [0.2, 0.25) is 5.82 Å². The first-order valence-corrected chi connectivity index (χ1v) is 3.36. The zero-order valence-electron chi connectivity index (χ0n) is 6.64. The summed E-state index contributed by atoms with van der Waals surface area (Å²) >= 11 is 0. The Morgan fingerprint density at radius 2 is 1.85 bits per heavy atom. The number of aromatic hydroxyl groups is 2. The number of ketones is 1. The third-order valence-corrected chi connectivity index (χ3v) is 1.55. The molecule has 0 saturated heterocycles. The molecule has 0 spiro atoms. The van der Waals surface area contributed by atoms with E-state index in [1.807, 2.05) is 0 Å². The summed E-state index contributed by atoms with van der Waals surface area (Å²) in [6, 6.07) is 0.579. The summed E-state index contributed by atoms with van der Waals surface area (Å²) in [4.78, 5) is 10.7. The number of phenols is 2. The Morgan fingerprint density at radius 1 is 1.31 bits per heavy atom. The van der Waals surface area contributed by atoms with E-state index in [1.54, 1.807) is 0 Å². The van der Waals surface area contributed by atoms with Crippen LogP contribution in [-0.2, 0) is 0 Å². The van der Waals surface area contributed by atoms with Gasteiger partial charge in [-0.05, 0) is 13.0 Å². The molecule has 2 N–H and O–H groups in total. The molecule has 1 rings (SSSR count). The Kier molecular flexibility index (Phi) is 2.18. The molecule has 0 aliphatic rings. The molecular formula is C8H6F2O3. The molecule has 1 aromatic carbocycles. The largest absolute Gasteiger partial charge is 0.504 e. The zero-order chi connectivity index (χ0) is 10.2. The first-order valence-electron chi connectivity index (χ1n) is 3.36. The van der Waals surface area contributed by atoms with Gasteiger partial charge in [0.1, 0.15) is 0 Å². The van der Waals surface area contributed by atoms with Crippen molar-refractivity contribution in [2.45, 2.75) is 6.92 Å². The van der Waals surface area contributed by atoms with E-state index in [0.29, 0.717) is 6.07 Å². The van der Waals surface area contributed by atoms with Gasteiger partial charge in [0, 0.05) is 0 Å². The van der Waals surface area contributed by atoms with E-state index in [1.165, 1.54) is 0 Å². The maximum atomic E-state index is 12.7. The summed E-state index contributed by atoms with van der Waals surface area (Å²) in [5.74, 6) is -5.81. The van der Waals surface area contributed by atoms with Crippen molar-refractivity contribution < 1.29 is 23.8 Å². The molecule has 0 aromatic heterocycles. The van der Waals surface area contributed by atoms with Crippen LogP contribution in [0.15, 0.2) is 6.07 Å². The first kappa shape index (κ1) is 9.44. The Balaban J connectivity index is 3.50. The molecule has 0 saturated carbocycles. The van der Waals surface area contributed by atoms with Crippen LogP contribution in [0.1, 0.15) is 17.3 Å². The van der Waals surface area contributed by atoms with Gasteiger partial charge in [-0.15, -0.1) is 0 Å². The summed E-state index contributed by atoms with van der Waals surface area (Å²) in [7, 11) is 0. The number of rotatable bonds is 1. The maximum Gasteiger partial charge on any atom is 0.210 e.